The van der Waals surface area contributed by atoms with Crippen LogP contribution in [0, 0.1) is 0 Å². The van der Waals surface area contributed by atoms with Crippen molar-refractivity contribution in [3.63, 3.8) is 0 Å². The number of aromatic nitrogens is 1. The third kappa shape index (κ3) is 3.59. The van der Waals surface area contributed by atoms with Gasteiger partial charge in [-0.2, -0.15) is 4.31 Å². The molecule has 1 saturated heterocycles. The molecule has 4 rings (SSSR count). The normalized spacial score (nSPS) is 19.7. The van der Waals surface area contributed by atoms with E-state index in [9.17, 15) is 13.2 Å². The van der Waals surface area contributed by atoms with Gasteiger partial charge in [-0.3, -0.25) is 4.79 Å². The van der Waals surface area contributed by atoms with E-state index in [0.29, 0.717) is 32.8 Å². The van der Waals surface area contributed by atoms with E-state index in [1.807, 2.05) is 18.2 Å². The maximum absolute atomic E-state index is 12.7. The Morgan fingerprint density at radius 3 is 2.54 bits per heavy atom. The number of carbonyl (C=O) groups is 1. The maximum Gasteiger partial charge on any atom is 0.267 e. The third-order valence-electron chi connectivity index (χ3n) is 5.79. The molecule has 0 atom stereocenters. The van der Waals surface area contributed by atoms with Crippen LogP contribution < -0.4 is 5.32 Å². The van der Waals surface area contributed by atoms with Crippen LogP contribution >= 0.6 is 0 Å². The van der Waals surface area contributed by atoms with E-state index >= 15 is 0 Å². The standard InChI is InChI=1S/C20H25N3O4S/c24-19(22-15-20(7-4-8-20)16-5-2-1-3-6-16)18-13-17(14-21-18)28(25,26)23-9-11-27-12-10-23/h1-3,5-6,13-14,21H,4,7-12,15H2,(H,22,24). The van der Waals surface area contributed by atoms with Gasteiger partial charge in [0.25, 0.3) is 5.91 Å². The zero-order valence-corrected chi connectivity index (χ0v) is 16.5. The van der Waals surface area contributed by atoms with Crippen LogP contribution in [-0.2, 0) is 20.2 Å². The van der Waals surface area contributed by atoms with Crippen molar-refractivity contribution in [1.29, 1.82) is 0 Å². The molecule has 0 spiro atoms. The second kappa shape index (κ2) is 7.69. The number of amides is 1. The van der Waals surface area contributed by atoms with Gasteiger partial charge < -0.3 is 15.0 Å². The summed E-state index contributed by atoms with van der Waals surface area (Å²) >= 11 is 0. The molecule has 1 aromatic heterocycles. The quantitative estimate of drug-likeness (QED) is 0.771. The lowest BCUT2D eigenvalue weighted by Crippen LogP contribution is -2.45. The van der Waals surface area contributed by atoms with Gasteiger partial charge >= 0.3 is 0 Å². The SMILES string of the molecule is O=C(NCC1(c2ccccc2)CCC1)c1cc(S(=O)(=O)N2CCOCC2)c[nH]1. The van der Waals surface area contributed by atoms with Gasteiger partial charge in [-0.25, -0.2) is 8.42 Å². The van der Waals surface area contributed by atoms with Crippen LogP contribution in [0.15, 0.2) is 47.5 Å². The second-order valence-corrected chi connectivity index (χ2v) is 9.39. The Hall–Kier alpha value is -2.16. The van der Waals surface area contributed by atoms with Crippen molar-refractivity contribution >= 4 is 15.9 Å². The molecule has 0 radical (unpaired) electrons. The summed E-state index contributed by atoms with van der Waals surface area (Å²) in [7, 11) is -3.61. The molecule has 7 nitrogen and oxygen atoms in total. The number of nitrogens with one attached hydrogen (secondary N) is 2. The van der Waals surface area contributed by atoms with Gasteiger partial charge in [0.2, 0.25) is 10.0 Å². The number of rotatable bonds is 6. The van der Waals surface area contributed by atoms with Crippen LogP contribution in [0.4, 0.5) is 0 Å². The number of ether oxygens (including phenoxy) is 1. The molecule has 1 amide bonds. The van der Waals surface area contributed by atoms with Gasteiger partial charge in [-0.15, -0.1) is 0 Å². The topological polar surface area (TPSA) is 91.5 Å². The average molecular weight is 404 g/mol. The van der Waals surface area contributed by atoms with Gasteiger partial charge in [0.1, 0.15) is 10.6 Å². The highest BCUT2D eigenvalue weighted by Gasteiger charge is 2.39. The number of aromatic amines is 1. The van der Waals surface area contributed by atoms with E-state index in [-0.39, 0.29) is 21.9 Å². The summed E-state index contributed by atoms with van der Waals surface area (Å²) in [5.41, 5.74) is 1.48. The minimum Gasteiger partial charge on any atom is -0.379 e. The van der Waals surface area contributed by atoms with Crippen LogP contribution in [0.3, 0.4) is 0 Å². The van der Waals surface area contributed by atoms with Crippen LogP contribution in [-0.4, -0.2) is 56.5 Å². The first-order valence-electron chi connectivity index (χ1n) is 9.61. The van der Waals surface area contributed by atoms with E-state index in [1.165, 1.54) is 22.1 Å². The van der Waals surface area contributed by atoms with Gasteiger partial charge in [0.15, 0.2) is 0 Å². The van der Waals surface area contributed by atoms with E-state index in [4.69, 9.17) is 4.74 Å². The molecule has 0 unspecified atom stereocenters. The Labute approximate surface area is 165 Å². The summed E-state index contributed by atoms with van der Waals surface area (Å²) in [5.74, 6) is -0.286. The van der Waals surface area contributed by atoms with Gasteiger partial charge in [-0.05, 0) is 24.5 Å². The molecule has 1 aliphatic heterocycles. The summed E-state index contributed by atoms with van der Waals surface area (Å²) in [6, 6.07) is 11.6. The highest BCUT2D eigenvalue weighted by atomic mass is 32.2. The second-order valence-electron chi connectivity index (χ2n) is 7.45. The number of H-pyrrole nitrogens is 1. The lowest BCUT2D eigenvalue weighted by molar-refractivity contribution is 0.0730. The first-order chi connectivity index (χ1) is 13.5. The number of morpholine rings is 1. The smallest absolute Gasteiger partial charge is 0.267 e. The zero-order valence-electron chi connectivity index (χ0n) is 15.7. The summed E-state index contributed by atoms with van der Waals surface area (Å²) in [4.78, 5) is 15.5. The minimum atomic E-state index is -3.61. The highest BCUT2D eigenvalue weighted by Crippen LogP contribution is 2.43. The van der Waals surface area contributed by atoms with Crippen molar-refractivity contribution in [3.8, 4) is 0 Å². The number of carbonyl (C=O) groups excluding carboxylic acids is 1. The molecule has 1 saturated carbocycles. The molecule has 1 aromatic carbocycles. The predicted molar refractivity (Wildman–Crippen MR) is 105 cm³/mol. The molecule has 2 heterocycles. The number of hydrogen-bond donors (Lipinski definition) is 2. The van der Waals surface area contributed by atoms with Crippen molar-refractivity contribution in [2.75, 3.05) is 32.8 Å². The van der Waals surface area contributed by atoms with E-state index < -0.39 is 10.0 Å². The molecule has 150 valence electrons. The summed E-state index contributed by atoms with van der Waals surface area (Å²) in [6.07, 6.45) is 4.61. The Morgan fingerprint density at radius 1 is 1.18 bits per heavy atom. The number of nitrogens with zero attached hydrogens (tertiary/aromatic N) is 1. The first-order valence-corrected chi connectivity index (χ1v) is 11.1. The lowest BCUT2D eigenvalue weighted by atomic mass is 9.64. The van der Waals surface area contributed by atoms with Crippen LogP contribution in [0.2, 0.25) is 0 Å². The molecule has 2 N–H and O–H groups in total. The Bertz CT molecular complexity index is 929. The molecule has 28 heavy (non-hydrogen) atoms. The van der Waals surface area contributed by atoms with Crippen LogP contribution in [0.5, 0.6) is 0 Å². The first kappa shape index (κ1) is 19.2. The number of sulfonamides is 1. The monoisotopic (exact) mass is 403 g/mol. The molecule has 2 fully saturated rings. The predicted octanol–water partition coefficient (Wildman–Crippen LogP) is 1.89. The molecule has 8 heteroatoms. The van der Waals surface area contributed by atoms with Crippen LogP contribution in [0.1, 0.15) is 35.3 Å². The average Bonchev–Trinajstić information content (AvgIpc) is 3.20. The molecule has 2 aromatic rings. The maximum atomic E-state index is 12.7. The van der Waals surface area contributed by atoms with Gasteiger partial charge in [0, 0.05) is 31.2 Å². The summed E-state index contributed by atoms with van der Waals surface area (Å²) in [5, 5.41) is 2.99. The molecular weight excluding hydrogens is 378 g/mol. The Kier molecular flexibility index (Phi) is 5.27. The van der Waals surface area contributed by atoms with Crippen molar-refractivity contribution in [3.05, 3.63) is 53.9 Å². The molecule has 0 bridgehead atoms. The zero-order chi connectivity index (χ0) is 19.6. The highest BCUT2D eigenvalue weighted by molar-refractivity contribution is 7.89. The largest absolute Gasteiger partial charge is 0.379 e. The Morgan fingerprint density at radius 2 is 1.89 bits per heavy atom. The number of hydrogen-bond acceptors (Lipinski definition) is 4. The molecular formula is C20H25N3O4S. The fourth-order valence-electron chi connectivity index (χ4n) is 3.90. The Balaban J connectivity index is 1.43. The number of benzene rings is 1. The minimum absolute atomic E-state index is 0.0216. The van der Waals surface area contributed by atoms with E-state index in [0.717, 1.165) is 19.3 Å². The van der Waals surface area contributed by atoms with Crippen molar-refractivity contribution in [2.45, 2.75) is 29.6 Å². The fourth-order valence-corrected chi connectivity index (χ4v) is 5.30. The molecule has 2 aliphatic rings. The van der Waals surface area contributed by atoms with Crippen molar-refractivity contribution in [1.82, 2.24) is 14.6 Å². The summed E-state index contributed by atoms with van der Waals surface area (Å²) in [6.45, 7) is 1.97. The summed E-state index contributed by atoms with van der Waals surface area (Å²) < 4.78 is 32.0. The molecule has 1 aliphatic carbocycles. The van der Waals surface area contributed by atoms with Crippen molar-refractivity contribution in [2.24, 2.45) is 0 Å². The third-order valence-corrected chi connectivity index (χ3v) is 7.67. The van der Waals surface area contributed by atoms with Gasteiger partial charge in [-0.1, -0.05) is 36.8 Å². The van der Waals surface area contributed by atoms with E-state index in [1.54, 1.807) is 0 Å². The van der Waals surface area contributed by atoms with Crippen LogP contribution in [0.25, 0.3) is 0 Å². The van der Waals surface area contributed by atoms with Crippen molar-refractivity contribution < 1.29 is 17.9 Å². The lowest BCUT2D eigenvalue weighted by Gasteiger charge is -2.42. The fraction of sp³-hybridized carbons (Fsp3) is 0.450. The van der Waals surface area contributed by atoms with Gasteiger partial charge in [0.05, 0.1) is 13.2 Å². The van der Waals surface area contributed by atoms with E-state index in [2.05, 4.69) is 22.4 Å².